The molecule has 0 spiro atoms. The monoisotopic (exact) mass is 493 g/mol. The quantitative estimate of drug-likeness (QED) is 0.338. The van der Waals surface area contributed by atoms with Gasteiger partial charge in [-0.3, -0.25) is 9.59 Å². The molecule has 3 aromatic carbocycles. The average Bonchev–Trinajstić information content (AvgIpc) is 3.31. The molecule has 0 saturated heterocycles. The van der Waals surface area contributed by atoms with E-state index in [1.165, 1.54) is 17.4 Å². The Balaban J connectivity index is 1.54. The number of rotatable bonds is 10. The maximum Gasteiger partial charge on any atom is 0.322 e. The molecule has 0 fully saturated rings. The summed E-state index contributed by atoms with van der Waals surface area (Å²) in [5.74, 6) is -1.05. The number of nitrogens with one attached hydrogen (secondary N) is 1. The van der Waals surface area contributed by atoms with E-state index in [1.807, 2.05) is 36.4 Å². The van der Waals surface area contributed by atoms with Crippen molar-refractivity contribution < 1.29 is 23.8 Å². The van der Waals surface area contributed by atoms with Gasteiger partial charge in [0.05, 0.1) is 17.3 Å². The number of anilines is 1. The zero-order chi connectivity index (χ0) is 24.8. The van der Waals surface area contributed by atoms with E-state index in [-0.39, 0.29) is 5.82 Å². The fraction of sp³-hybridized carbons (Fsp3) is 0.192. The molecule has 0 aliphatic carbocycles. The van der Waals surface area contributed by atoms with Gasteiger partial charge in [0.25, 0.3) is 5.91 Å². The van der Waals surface area contributed by atoms with E-state index in [4.69, 9.17) is 9.84 Å². The molecular weight excluding hydrogens is 469 g/mol. The number of nitrogens with zero attached hydrogens (tertiary/aromatic N) is 2. The number of carboxylic acids is 1. The lowest BCUT2D eigenvalue weighted by Crippen LogP contribution is -2.29. The Morgan fingerprint density at radius 2 is 1.77 bits per heavy atom. The fourth-order valence-electron chi connectivity index (χ4n) is 3.58. The molecule has 9 heteroatoms. The van der Waals surface area contributed by atoms with Crippen molar-refractivity contribution in [3.63, 3.8) is 0 Å². The molecule has 0 saturated carbocycles. The maximum absolute atomic E-state index is 14.3. The third kappa shape index (κ3) is 6.13. The number of aromatic nitrogens is 1. The molecule has 2 N–H and O–H groups in total. The zero-order valence-electron chi connectivity index (χ0n) is 19.0. The van der Waals surface area contributed by atoms with Gasteiger partial charge in [0.1, 0.15) is 18.1 Å². The summed E-state index contributed by atoms with van der Waals surface area (Å²) in [6, 6.07) is 19.7. The number of hydrogen-bond donors (Lipinski definition) is 2. The van der Waals surface area contributed by atoms with Gasteiger partial charge < -0.3 is 20.1 Å². The molecule has 0 aliphatic rings. The number of carbonyl (C=O) groups is 2. The van der Waals surface area contributed by atoms with Crippen molar-refractivity contribution in [1.29, 1.82) is 0 Å². The molecule has 4 rings (SSSR count). The van der Waals surface area contributed by atoms with Gasteiger partial charge in [-0.25, -0.2) is 9.37 Å². The van der Waals surface area contributed by atoms with Crippen LogP contribution in [-0.4, -0.2) is 42.2 Å². The van der Waals surface area contributed by atoms with Crippen LogP contribution in [0, 0.1) is 5.82 Å². The van der Waals surface area contributed by atoms with Gasteiger partial charge in [0, 0.05) is 18.7 Å². The van der Waals surface area contributed by atoms with Crippen LogP contribution in [0.25, 0.3) is 10.2 Å². The third-order valence-corrected chi connectivity index (χ3v) is 6.59. The topological polar surface area (TPSA) is 91.8 Å². The summed E-state index contributed by atoms with van der Waals surface area (Å²) >= 11 is 1.31. The van der Waals surface area contributed by atoms with Crippen molar-refractivity contribution in [2.45, 2.75) is 13.0 Å². The standard InChI is InChI=1S/C26H24FN3O4S/c1-34-20-11-7-17(8-12-20)13-14-30(26-29-22-4-2-3-21(27)24(22)35-26)16-18-5-9-19(10-6-18)25(33)28-15-23(31)32/h2-12H,13-16H2,1H3,(H,28,33)(H,31,32). The van der Waals surface area contributed by atoms with Crippen LogP contribution in [0.15, 0.2) is 66.7 Å². The average molecular weight is 494 g/mol. The summed E-state index contributed by atoms with van der Waals surface area (Å²) in [5.41, 5.74) is 3.06. The number of hydrogen-bond acceptors (Lipinski definition) is 6. The van der Waals surface area contributed by atoms with Gasteiger partial charge in [-0.05, 0) is 53.9 Å². The summed E-state index contributed by atoms with van der Waals surface area (Å²) in [4.78, 5) is 29.5. The maximum atomic E-state index is 14.3. The normalized spacial score (nSPS) is 10.8. The van der Waals surface area contributed by atoms with Crippen LogP contribution < -0.4 is 15.0 Å². The molecule has 4 aromatic rings. The lowest BCUT2D eigenvalue weighted by atomic mass is 10.1. The molecular formula is C26H24FN3O4S. The molecule has 0 aliphatic heterocycles. The van der Waals surface area contributed by atoms with Crippen LogP contribution >= 0.6 is 11.3 Å². The number of aliphatic carboxylic acids is 1. The van der Waals surface area contributed by atoms with E-state index in [0.29, 0.717) is 34.0 Å². The predicted molar refractivity (Wildman–Crippen MR) is 134 cm³/mol. The number of fused-ring (bicyclic) bond motifs is 1. The van der Waals surface area contributed by atoms with Crippen molar-refractivity contribution >= 4 is 38.6 Å². The Bertz CT molecular complexity index is 1320. The Morgan fingerprint density at radius 1 is 1.06 bits per heavy atom. The Hall–Kier alpha value is -3.98. The van der Waals surface area contributed by atoms with Crippen molar-refractivity contribution in [2.24, 2.45) is 0 Å². The second-order valence-corrected chi connectivity index (χ2v) is 8.86. The highest BCUT2D eigenvalue weighted by Gasteiger charge is 2.16. The second-order valence-electron chi connectivity index (χ2n) is 7.88. The van der Waals surface area contributed by atoms with Crippen LogP contribution in [0.4, 0.5) is 9.52 Å². The lowest BCUT2D eigenvalue weighted by Gasteiger charge is -2.22. The van der Waals surface area contributed by atoms with E-state index in [0.717, 1.165) is 23.3 Å². The fourth-order valence-corrected chi connectivity index (χ4v) is 4.57. The van der Waals surface area contributed by atoms with E-state index < -0.39 is 18.4 Å². The minimum Gasteiger partial charge on any atom is -0.497 e. The Morgan fingerprint density at radius 3 is 2.43 bits per heavy atom. The summed E-state index contributed by atoms with van der Waals surface area (Å²) in [6.45, 7) is 0.719. The minimum absolute atomic E-state index is 0.293. The number of halogens is 1. The van der Waals surface area contributed by atoms with E-state index in [1.54, 1.807) is 31.4 Å². The highest BCUT2D eigenvalue weighted by atomic mass is 32.1. The van der Waals surface area contributed by atoms with Gasteiger partial charge >= 0.3 is 5.97 Å². The van der Waals surface area contributed by atoms with Gasteiger partial charge in [0.15, 0.2) is 5.13 Å². The van der Waals surface area contributed by atoms with Gasteiger partial charge in [-0.1, -0.05) is 41.7 Å². The molecule has 0 radical (unpaired) electrons. The van der Waals surface area contributed by atoms with E-state index in [9.17, 15) is 14.0 Å². The Labute approximate surface area is 205 Å². The van der Waals surface area contributed by atoms with Crippen LogP contribution in [-0.2, 0) is 17.8 Å². The van der Waals surface area contributed by atoms with E-state index in [2.05, 4.69) is 15.2 Å². The number of amides is 1. The molecule has 1 aromatic heterocycles. The van der Waals surface area contributed by atoms with Crippen molar-refractivity contribution in [3.05, 3.63) is 89.2 Å². The molecule has 1 amide bonds. The van der Waals surface area contributed by atoms with Crippen molar-refractivity contribution in [2.75, 3.05) is 25.1 Å². The summed E-state index contributed by atoms with van der Waals surface area (Å²) in [5, 5.41) is 11.8. The molecule has 35 heavy (non-hydrogen) atoms. The first-order valence-corrected chi connectivity index (χ1v) is 11.8. The SMILES string of the molecule is COc1ccc(CCN(Cc2ccc(C(=O)NCC(=O)O)cc2)c2nc3cccc(F)c3s2)cc1. The third-order valence-electron chi connectivity index (χ3n) is 5.45. The molecule has 180 valence electrons. The van der Waals surface area contributed by atoms with Gasteiger partial charge in [-0.2, -0.15) is 0 Å². The number of carbonyl (C=O) groups excluding carboxylic acids is 1. The van der Waals surface area contributed by atoms with Crippen LogP contribution in [0.3, 0.4) is 0 Å². The van der Waals surface area contributed by atoms with Gasteiger partial charge in [-0.15, -0.1) is 0 Å². The first-order valence-electron chi connectivity index (χ1n) is 10.9. The lowest BCUT2D eigenvalue weighted by molar-refractivity contribution is -0.135. The Kier molecular flexibility index (Phi) is 7.57. The summed E-state index contributed by atoms with van der Waals surface area (Å²) < 4.78 is 20.1. The molecule has 0 unspecified atom stereocenters. The van der Waals surface area contributed by atoms with Crippen molar-refractivity contribution in [1.82, 2.24) is 10.3 Å². The van der Waals surface area contributed by atoms with E-state index >= 15 is 0 Å². The minimum atomic E-state index is -1.10. The van der Waals surface area contributed by atoms with Crippen LogP contribution in [0.1, 0.15) is 21.5 Å². The largest absolute Gasteiger partial charge is 0.497 e. The zero-order valence-corrected chi connectivity index (χ0v) is 19.8. The first-order chi connectivity index (χ1) is 16.9. The first kappa shape index (κ1) is 24.2. The van der Waals surface area contributed by atoms with Crippen LogP contribution in [0.5, 0.6) is 5.75 Å². The number of carboxylic acid groups (broad SMARTS) is 1. The molecule has 7 nitrogen and oxygen atoms in total. The van der Waals surface area contributed by atoms with Gasteiger partial charge in [0.2, 0.25) is 0 Å². The molecule has 1 heterocycles. The number of benzene rings is 3. The summed E-state index contributed by atoms with van der Waals surface area (Å²) in [6.07, 6.45) is 0.748. The number of methoxy groups -OCH3 is 1. The highest BCUT2D eigenvalue weighted by molar-refractivity contribution is 7.22. The second kappa shape index (κ2) is 11.0. The highest BCUT2D eigenvalue weighted by Crippen LogP contribution is 2.31. The molecule has 0 bridgehead atoms. The summed E-state index contributed by atoms with van der Waals surface area (Å²) in [7, 11) is 1.63. The van der Waals surface area contributed by atoms with Crippen molar-refractivity contribution in [3.8, 4) is 5.75 Å². The number of ether oxygens (including phenoxy) is 1. The number of thiazole rings is 1. The predicted octanol–water partition coefficient (Wildman–Crippen LogP) is 4.51. The smallest absolute Gasteiger partial charge is 0.322 e. The molecule has 0 atom stereocenters. The van der Waals surface area contributed by atoms with Crippen LogP contribution in [0.2, 0.25) is 0 Å².